The van der Waals surface area contributed by atoms with Crippen LogP contribution in [0.5, 0.6) is 5.75 Å². The molecule has 11 heteroatoms. The third-order valence-electron chi connectivity index (χ3n) is 5.83. The minimum atomic E-state index is -1.03. The van der Waals surface area contributed by atoms with Gasteiger partial charge in [-0.2, -0.15) is 5.10 Å². The van der Waals surface area contributed by atoms with Gasteiger partial charge in [-0.25, -0.2) is 4.39 Å². The van der Waals surface area contributed by atoms with Crippen LogP contribution in [0.3, 0.4) is 0 Å². The molecule has 1 aromatic carbocycles. The smallest absolute Gasteiger partial charge is 0.270 e. The zero-order chi connectivity index (χ0) is 25.3. The van der Waals surface area contributed by atoms with Crippen molar-refractivity contribution >= 4 is 35.0 Å². The minimum Gasteiger partial charge on any atom is -0.492 e. The number of rotatable bonds is 8. The average Bonchev–Trinajstić information content (AvgIpc) is 3.46. The first-order chi connectivity index (χ1) is 16.6. The molecule has 35 heavy (non-hydrogen) atoms. The van der Waals surface area contributed by atoms with Gasteiger partial charge < -0.3 is 15.4 Å². The number of ether oxygens (including phenoxy) is 1. The molecule has 0 aliphatic heterocycles. The molecule has 0 unspecified atom stereocenters. The lowest BCUT2D eigenvalue weighted by molar-refractivity contribution is -0.124. The molecule has 2 amide bonds. The summed E-state index contributed by atoms with van der Waals surface area (Å²) in [5.41, 5.74) is 0.305. The van der Waals surface area contributed by atoms with Gasteiger partial charge in [-0.1, -0.05) is 23.2 Å². The number of hydrogen-bond donors (Lipinski definition) is 2. The van der Waals surface area contributed by atoms with E-state index in [-0.39, 0.29) is 5.69 Å². The third-order valence-corrected chi connectivity index (χ3v) is 6.33. The van der Waals surface area contributed by atoms with E-state index < -0.39 is 29.2 Å². The fourth-order valence-electron chi connectivity index (χ4n) is 3.80. The summed E-state index contributed by atoms with van der Waals surface area (Å²) in [4.78, 5) is 29.7. The molecule has 1 saturated carbocycles. The number of aromatic nitrogens is 3. The van der Waals surface area contributed by atoms with Crippen molar-refractivity contribution in [3.05, 3.63) is 63.9 Å². The number of nitrogens with one attached hydrogen (secondary N) is 2. The Morgan fingerprint density at radius 1 is 1.29 bits per heavy atom. The van der Waals surface area contributed by atoms with Crippen LogP contribution < -0.4 is 15.4 Å². The average molecular weight is 520 g/mol. The second-order valence-electron chi connectivity index (χ2n) is 8.36. The molecule has 0 spiro atoms. The van der Waals surface area contributed by atoms with Crippen molar-refractivity contribution in [2.75, 3.05) is 6.61 Å². The first-order valence-electron chi connectivity index (χ1n) is 11.0. The Morgan fingerprint density at radius 3 is 2.63 bits per heavy atom. The van der Waals surface area contributed by atoms with Crippen molar-refractivity contribution in [1.82, 2.24) is 25.4 Å². The highest BCUT2D eigenvalue weighted by Gasteiger charge is 2.51. The molecule has 1 aliphatic carbocycles. The molecule has 0 saturated heterocycles. The molecule has 8 nitrogen and oxygen atoms in total. The van der Waals surface area contributed by atoms with E-state index in [2.05, 4.69) is 20.7 Å². The van der Waals surface area contributed by atoms with E-state index in [0.29, 0.717) is 52.1 Å². The number of benzene rings is 1. The molecule has 4 rings (SSSR count). The summed E-state index contributed by atoms with van der Waals surface area (Å²) in [6.45, 7) is 3.81. The van der Waals surface area contributed by atoms with Crippen LogP contribution in [0.1, 0.15) is 48.9 Å². The van der Waals surface area contributed by atoms with E-state index in [4.69, 9.17) is 27.9 Å². The Morgan fingerprint density at radius 2 is 2.03 bits per heavy atom. The summed E-state index contributed by atoms with van der Waals surface area (Å²) in [5.74, 6) is -1.03. The van der Waals surface area contributed by atoms with Crippen molar-refractivity contribution < 1.29 is 18.7 Å². The van der Waals surface area contributed by atoms with Gasteiger partial charge in [0.2, 0.25) is 5.91 Å². The van der Waals surface area contributed by atoms with Gasteiger partial charge in [0.05, 0.1) is 23.4 Å². The second-order valence-corrected chi connectivity index (χ2v) is 9.20. The normalized spacial score (nSPS) is 14.8. The van der Waals surface area contributed by atoms with E-state index in [9.17, 15) is 9.59 Å². The minimum absolute atomic E-state index is 0.0574. The molecular formula is C24H24Cl2FN5O3. The van der Waals surface area contributed by atoms with Gasteiger partial charge >= 0.3 is 0 Å². The predicted octanol–water partition coefficient (Wildman–Crippen LogP) is 4.47. The van der Waals surface area contributed by atoms with Gasteiger partial charge in [-0.05, 0) is 51.0 Å². The van der Waals surface area contributed by atoms with Crippen LogP contribution in [-0.4, -0.2) is 38.7 Å². The summed E-state index contributed by atoms with van der Waals surface area (Å²) in [7, 11) is 1.64. The molecule has 0 radical (unpaired) electrons. The highest BCUT2D eigenvalue weighted by molar-refractivity contribution is 6.36. The lowest BCUT2D eigenvalue weighted by Gasteiger charge is -2.21. The van der Waals surface area contributed by atoms with Gasteiger partial charge in [0.25, 0.3) is 5.91 Å². The quantitative estimate of drug-likeness (QED) is 0.457. The molecule has 2 aromatic heterocycles. The number of pyridine rings is 1. The fourth-order valence-corrected chi connectivity index (χ4v) is 4.34. The summed E-state index contributed by atoms with van der Waals surface area (Å²) >= 11 is 12.4. The molecule has 1 aliphatic rings. The Balaban J connectivity index is 1.50. The SMILES string of the molecule is CCOc1c(Cl)cc(Cl)cc1-c1cnc([C@@H](C)NC(=O)C2(NC(=O)c3ccnn3C)CC2)c(F)c1. The van der Waals surface area contributed by atoms with Crippen LogP contribution in [0.4, 0.5) is 4.39 Å². The van der Waals surface area contributed by atoms with E-state index in [0.717, 1.165) is 0 Å². The van der Waals surface area contributed by atoms with Crippen LogP contribution in [-0.2, 0) is 11.8 Å². The maximum Gasteiger partial charge on any atom is 0.270 e. The van der Waals surface area contributed by atoms with Crippen LogP contribution in [0.25, 0.3) is 11.1 Å². The highest BCUT2D eigenvalue weighted by atomic mass is 35.5. The molecular weight excluding hydrogens is 496 g/mol. The number of amides is 2. The number of hydrogen-bond acceptors (Lipinski definition) is 5. The first kappa shape index (κ1) is 24.9. The number of halogens is 3. The Labute approximate surface area is 211 Å². The third kappa shape index (κ3) is 5.11. The van der Waals surface area contributed by atoms with Crippen molar-refractivity contribution in [2.45, 2.75) is 38.3 Å². The van der Waals surface area contributed by atoms with E-state index >= 15 is 4.39 Å². The monoisotopic (exact) mass is 519 g/mol. The molecule has 2 N–H and O–H groups in total. The van der Waals surface area contributed by atoms with Crippen molar-refractivity contribution in [2.24, 2.45) is 7.05 Å². The lowest BCUT2D eigenvalue weighted by atomic mass is 10.0. The second kappa shape index (κ2) is 9.83. The number of carbonyl (C=O) groups excluding carboxylic acids is 2. The van der Waals surface area contributed by atoms with Gasteiger partial charge in [0, 0.05) is 35.6 Å². The van der Waals surface area contributed by atoms with Gasteiger partial charge in [-0.3, -0.25) is 19.3 Å². The molecule has 184 valence electrons. The molecule has 2 heterocycles. The lowest BCUT2D eigenvalue weighted by Crippen LogP contribution is -2.50. The summed E-state index contributed by atoms with van der Waals surface area (Å²) in [6.07, 6.45) is 3.95. The zero-order valence-corrected chi connectivity index (χ0v) is 20.9. The molecule has 0 bridgehead atoms. The van der Waals surface area contributed by atoms with Crippen LogP contribution in [0.15, 0.2) is 36.7 Å². The van der Waals surface area contributed by atoms with E-state index in [1.807, 2.05) is 6.92 Å². The Kier molecular flexibility index (Phi) is 7.00. The molecule has 1 atom stereocenters. The molecule has 1 fully saturated rings. The standard InChI is InChI=1S/C24H24Cl2FN5O3/c1-4-35-21-16(10-15(25)11-17(21)26)14-9-18(27)20(28-12-14)13(2)30-23(34)24(6-7-24)31-22(33)19-5-8-29-32(19)3/h5,8-13H,4,6-7H2,1-3H3,(H,30,34)(H,31,33)/t13-/m1/s1. The summed E-state index contributed by atoms with van der Waals surface area (Å²) in [6, 6.07) is 5.30. The number of aryl methyl sites for hydroxylation is 1. The van der Waals surface area contributed by atoms with Crippen molar-refractivity contribution in [3.8, 4) is 16.9 Å². The Bertz CT molecular complexity index is 1290. The van der Waals surface area contributed by atoms with Gasteiger partial charge in [0.15, 0.2) is 0 Å². The predicted molar refractivity (Wildman–Crippen MR) is 130 cm³/mol. The number of nitrogens with zero attached hydrogens (tertiary/aromatic N) is 3. The zero-order valence-electron chi connectivity index (χ0n) is 19.4. The van der Waals surface area contributed by atoms with Crippen LogP contribution in [0, 0.1) is 5.82 Å². The van der Waals surface area contributed by atoms with Gasteiger partial charge in [-0.15, -0.1) is 0 Å². The topological polar surface area (TPSA) is 98.1 Å². The number of carbonyl (C=O) groups is 2. The first-order valence-corrected chi connectivity index (χ1v) is 11.8. The fraction of sp³-hybridized carbons (Fsp3) is 0.333. The van der Waals surface area contributed by atoms with Gasteiger partial charge in [0.1, 0.15) is 22.8 Å². The largest absolute Gasteiger partial charge is 0.492 e. The van der Waals surface area contributed by atoms with Crippen molar-refractivity contribution in [3.63, 3.8) is 0 Å². The maximum absolute atomic E-state index is 15.1. The van der Waals surface area contributed by atoms with E-state index in [1.54, 1.807) is 32.2 Å². The highest BCUT2D eigenvalue weighted by Crippen LogP contribution is 2.40. The summed E-state index contributed by atoms with van der Waals surface area (Å²) in [5, 5.41) is 10.2. The maximum atomic E-state index is 15.1. The van der Waals surface area contributed by atoms with E-state index in [1.165, 1.54) is 23.1 Å². The molecule has 3 aromatic rings. The van der Waals surface area contributed by atoms with Crippen LogP contribution in [0.2, 0.25) is 10.0 Å². The van der Waals surface area contributed by atoms with Crippen molar-refractivity contribution in [1.29, 1.82) is 0 Å². The van der Waals surface area contributed by atoms with Crippen LogP contribution >= 0.6 is 23.2 Å². The Hall–Kier alpha value is -3.17. The summed E-state index contributed by atoms with van der Waals surface area (Å²) < 4.78 is 22.2.